The number of rotatable bonds is 6. The molecule has 0 aliphatic rings. The summed E-state index contributed by atoms with van der Waals surface area (Å²) < 4.78 is 5.91. The number of halogens is 1. The number of aliphatic hydroxyl groups excluding tert-OH is 2. The van der Waals surface area contributed by atoms with Crippen LogP contribution in [0.2, 0.25) is 0 Å². The number of methoxy groups -OCH3 is 1. The fourth-order valence-electron chi connectivity index (χ4n) is 1.64. The lowest BCUT2D eigenvalue weighted by molar-refractivity contribution is -0.119. The SMILES string of the molecule is COc1cc(C(O)C(O)CCNC(C)=O)ccc1Br. The maximum Gasteiger partial charge on any atom is 0.216 e. The van der Waals surface area contributed by atoms with Gasteiger partial charge in [-0.1, -0.05) is 6.07 Å². The van der Waals surface area contributed by atoms with Crippen molar-refractivity contribution in [2.75, 3.05) is 13.7 Å². The summed E-state index contributed by atoms with van der Waals surface area (Å²) in [6, 6.07) is 5.12. The van der Waals surface area contributed by atoms with Crippen LogP contribution in [0.25, 0.3) is 0 Å². The Labute approximate surface area is 120 Å². The highest BCUT2D eigenvalue weighted by atomic mass is 79.9. The quantitative estimate of drug-likeness (QED) is 0.735. The lowest BCUT2D eigenvalue weighted by atomic mass is 10.0. The second-order valence-electron chi connectivity index (χ2n) is 4.18. The predicted octanol–water partition coefficient (Wildman–Crippen LogP) is 1.38. The first kappa shape index (κ1) is 15.9. The van der Waals surface area contributed by atoms with Crippen LogP contribution in [0.3, 0.4) is 0 Å². The minimum atomic E-state index is -1.02. The van der Waals surface area contributed by atoms with E-state index in [0.29, 0.717) is 17.9 Å². The van der Waals surface area contributed by atoms with Crippen molar-refractivity contribution in [1.29, 1.82) is 0 Å². The molecule has 0 aliphatic carbocycles. The van der Waals surface area contributed by atoms with Gasteiger partial charge < -0.3 is 20.3 Å². The van der Waals surface area contributed by atoms with E-state index in [4.69, 9.17) is 4.74 Å². The predicted molar refractivity (Wildman–Crippen MR) is 75.0 cm³/mol. The highest BCUT2D eigenvalue weighted by Crippen LogP contribution is 2.29. The standard InChI is InChI=1S/C13H18BrNO4/c1-8(16)15-6-5-11(17)13(18)9-3-4-10(14)12(7-9)19-2/h3-4,7,11,13,17-18H,5-6H2,1-2H3,(H,15,16). The van der Waals surface area contributed by atoms with Gasteiger partial charge >= 0.3 is 0 Å². The summed E-state index contributed by atoms with van der Waals surface area (Å²) >= 11 is 3.32. The van der Waals surface area contributed by atoms with E-state index < -0.39 is 12.2 Å². The van der Waals surface area contributed by atoms with Crippen molar-refractivity contribution < 1.29 is 19.7 Å². The first-order valence-corrected chi connectivity index (χ1v) is 6.69. The van der Waals surface area contributed by atoms with E-state index in [1.165, 1.54) is 14.0 Å². The molecule has 2 unspecified atom stereocenters. The van der Waals surface area contributed by atoms with Gasteiger partial charge in [-0.3, -0.25) is 4.79 Å². The normalized spacial score (nSPS) is 13.7. The van der Waals surface area contributed by atoms with Gasteiger partial charge in [0.2, 0.25) is 5.91 Å². The Morgan fingerprint density at radius 1 is 1.47 bits per heavy atom. The number of carbonyl (C=O) groups excluding carboxylic acids is 1. The van der Waals surface area contributed by atoms with E-state index in [1.807, 2.05) is 0 Å². The van der Waals surface area contributed by atoms with Crippen molar-refractivity contribution in [1.82, 2.24) is 5.32 Å². The van der Waals surface area contributed by atoms with Crippen molar-refractivity contribution >= 4 is 21.8 Å². The maximum atomic E-state index is 10.7. The Hall–Kier alpha value is -1.11. The zero-order valence-electron chi connectivity index (χ0n) is 10.9. The molecular formula is C13H18BrNO4. The number of hydrogen-bond acceptors (Lipinski definition) is 4. The molecule has 0 saturated heterocycles. The van der Waals surface area contributed by atoms with E-state index in [0.717, 1.165) is 4.47 Å². The molecule has 19 heavy (non-hydrogen) atoms. The molecule has 1 aromatic carbocycles. The Kier molecular flexibility index (Phi) is 6.27. The number of amides is 1. The molecule has 3 N–H and O–H groups in total. The van der Waals surface area contributed by atoms with E-state index in [1.54, 1.807) is 18.2 Å². The summed E-state index contributed by atoms with van der Waals surface area (Å²) in [5.74, 6) is 0.428. The van der Waals surface area contributed by atoms with Crippen molar-refractivity contribution in [2.24, 2.45) is 0 Å². The molecule has 0 saturated carbocycles. The molecule has 0 radical (unpaired) electrons. The van der Waals surface area contributed by atoms with Crippen LogP contribution in [-0.2, 0) is 4.79 Å². The number of carbonyl (C=O) groups is 1. The van der Waals surface area contributed by atoms with Gasteiger partial charge in [-0.2, -0.15) is 0 Å². The summed E-state index contributed by atoms with van der Waals surface area (Å²) in [7, 11) is 1.53. The van der Waals surface area contributed by atoms with E-state index in [2.05, 4.69) is 21.2 Å². The van der Waals surface area contributed by atoms with Gasteiger partial charge in [0.1, 0.15) is 11.9 Å². The maximum absolute atomic E-state index is 10.7. The zero-order valence-corrected chi connectivity index (χ0v) is 12.5. The lowest BCUT2D eigenvalue weighted by Crippen LogP contribution is -2.27. The number of ether oxygens (including phenoxy) is 1. The molecule has 0 aliphatic heterocycles. The number of hydrogen-bond donors (Lipinski definition) is 3. The molecule has 0 bridgehead atoms. The van der Waals surface area contributed by atoms with Crippen molar-refractivity contribution in [3.8, 4) is 5.75 Å². The number of aliphatic hydroxyl groups is 2. The Morgan fingerprint density at radius 2 is 2.16 bits per heavy atom. The van der Waals surface area contributed by atoms with E-state index in [-0.39, 0.29) is 12.3 Å². The van der Waals surface area contributed by atoms with Crippen LogP contribution < -0.4 is 10.1 Å². The Morgan fingerprint density at radius 3 is 2.74 bits per heavy atom. The number of nitrogens with one attached hydrogen (secondary N) is 1. The molecule has 106 valence electrons. The van der Waals surface area contributed by atoms with Gasteiger partial charge in [0.25, 0.3) is 0 Å². The molecule has 1 amide bonds. The molecule has 0 heterocycles. The van der Waals surface area contributed by atoms with Gasteiger partial charge in [-0.25, -0.2) is 0 Å². The Balaban J connectivity index is 2.65. The molecule has 5 nitrogen and oxygen atoms in total. The van der Waals surface area contributed by atoms with E-state index >= 15 is 0 Å². The van der Waals surface area contributed by atoms with Gasteiger partial charge in [0, 0.05) is 13.5 Å². The summed E-state index contributed by atoms with van der Waals surface area (Å²) in [6.45, 7) is 1.73. The number of benzene rings is 1. The minimum absolute atomic E-state index is 0.160. The smallest absolute Gasteiger partial charge is 0.216 e. The topological polar surface area (TPSA) is 78.8 Å². The van der Waals surface area contributed by atoms with Crippen molar-refractivity contribution in [2.45, 2.75) is 25.6 Å². The fraction of sp³-hybridized carbons (Fsp3) is 0.462. The van der Waals surface area contributed by atoms with Crippen LogP contribution in [0, 0.1) is 0 Å². The fourth-order valence-corrected chi connectivity index (χ4v) is 2.04. The van der Waals surface area contributed by atoms with Crippen LogP contribution in [0.5, 0.6) is 5.75 Å². The third-order valence-electron chi connectivity index (χ3n) is 2.70. The monoisotopic (exact) mass is 331 g/mol. The average molecular weight is 332 g/mol. The zero-order chi connectivity index (χ0) is 14.4. The molecule has 1 aromatic rings. The summed E-state index contributed by atoms with van der Waals surface area (Å²) in [5.41, 5.74) is 0.565. The van der Waals surface area contributed by atoms with Gasteiger partial charge in [-0.05, 0) is 40.0 Å². The third kappa shape index (κ3) is 4.81. The van der Waals surface area contributed by atoms with Crippen LogP contribution in [0.4, 0.5) is 0 Å². The van der Waals surface area contributed by atoms with Crippen LogP contribution in [-0.4, -0.2) is 35.9 Å². The highest BCUT2D eigenvalue weighted by molar-refractivity contribution is 9.10. The molecule has 6 heteroatoms. The van der Waals surface area contributed by atoms with Gasteiger partial charge in [0.15, 0.2) is 0 Å². The second-order valence-corrected chi connectivity index (χ2v) is 5.03. The molecule has 0 fully saturated rings. The first-order valence-electron chi connectivity index (χ1n) is 5.89. The minimum Gasteiger partial charge on any atom is -0.496 e. The molecule has 1 rings (SSSR count). The molecule has 2 atom stereocenters. The lowest BCUT2D eigenvalue weighted by Gasteiger charge is -2.19. The van der Waals surface area contributed by atoms with Crippen molar-refractivity contribution in [3.05, 3.63) is 28.2 Å². The summed E-state index contributed by atoms with van der Waals surface area (Å²) in [6.07, 6.45) is -1.69. The van der Waals surface area contributed by atoms with Crippen LogP contribution in [0.15, 0.2) is 22.7 Å². The molecular weight excluding hydrogens is 314 g/mol. The summed E-state index contributed by atoms with van der Waals surface area (Å²) in [5, 5.41) is 22.5. The van der Waals surface area contributed by atoms with Crippen LogP contribution in [0.1, 0.15) is 25.0 Å². The Bertz CT molecular complexity index is 439. The third-order valence-corrected chi connectivity index (χ3v) is 3.35. The highest BCUT2D eigenvalue weighted by Gasteiger charge is 2.19. The van der Waals surface area contributed by atoms with Gasteiger partial charge in [-0.15, -0.1) is 0 Å². The molecule has 0 aromatic heterocycles. The summed E-state index contributed by atoms with van der Waals surface area (Å²) in [4.78, 5) is 10.7. The largest absolute Gasteiger partial charge is 0.496 e. The van der Waals surface area contributed by atoms with Crippen LogP contribution >= 0.6 is 15.9 Å². The molecule has 0 spiro atoms. The van der Waals surface area contributed by atoms with E-state index in [9.17, 15) is 15.0 Å². The van der Waals surface area contributed by atoms with Gasteiger partial charge in [0.05, 0.1) is 17.7 Å². The first-order chi connectivity index (χ1) is 8.95. The van der Waals surface area contributed by atoms with Crippen molar-refractivity contribution in [3.63, 3.8) is 0 Å². The average Bonchev–Trinajstić information content (AvgIpc) is 2.38. The second kappa shape index (κ2) is 7.47.